The van der Waals surface area contributed by atoms with Crippen molar-refractivity contribution in [3.05, 3.63) is 100.0 Å². The van der Waals surface area contributed by atoms with E-state index in [1.807, 2.05) is 66.7 Å². The summed E-state index contributed by atoms with van der Waals surface area (Å²) in [4.78, 5) is 12.6. The van der Waals surface area contributed by atoms with Crippen LogP contribution in [-0.4, -0.2) is 14.2 Å². The number of hydrogen-bond acceptors (Lipinski definition) is 4. The van der Waals surface area contributed by atoms with Crippen molar-refractivity contribution < 1.29 is 9.47 Å². The highest BCUT2D eigenvalue weighted by Crippen LogP contribution is 2.44. The van der Waals surface area contributed by atoms with E-state index in [4.69, 9.17) is 9.47 Å². The average Bonchev–Trinajstić information content (AvgIpc) is 2.76. The van der Waals surface area contributed by atoms with Gasteiger partial charge in [0.2, 0.25) is 0 Å². The lowest BCUT2D eigenvalue weighted by atomic mass is 9.74. The highest BCUT2D eigenvalue weighted by molar-refractivity contribution is 5.54. The first kappa shape index (κ1) is 19.6. The van der Waals surface area contributed by atoms with Crippen LogP contribution >= 0.6 is 0 Å². The zero-order valence-corrected chi connectivity index (χ0v) is 16.7. The van der Waals surface area contributed by atoms with Crippen LogP contribution in [-0.2, 0) is 5.54 Å². The van der Waals surface area contributed by atoms with E-state index >= 15 is 0 Å². The van der Waals surface area contributed by atoms with Gasteiger partial charge in [-0.1, -0.05) is 62.4 Å². The molecule has 3 aromatic carbocycles. The van der Waals surface area contributed by atoms with Gasteiger partial charge in [0, 0.05) is 0 Å². The number of nitroso groups, excluding NO2 is 1. The smallest absolute Gasteiger partial charge is 0.178 e. The Morgan fingerprint density at radius 1 is 0.750 bits per heavy atom. The summed E-state index contributed by atoms with van der Waals surface area (Å²) >= 11 is 0. The molecule has 144 valence electrons. The first-order valence-electron chi connectivity index (χ1n) is 9.29. The fourth-order valence-corrected chi connectivity index (χ4v) is 3.63. The zero-order chi connectivity index (χ0) is 20.1. The Kier molecular flexibility index (Phi) is 5.78. The first-order chi connectivity index (χ1) is 13.6. The fourth-order valence-electron chi connectivity index (χ4n) is 3.63. The summed E-state index contributed by atoms with van der Waals surface area (Å²) in [6.07, 6.45) is 0. The van der Waals surface area contributed by atoms with E-state index in [9.17, 15) is 4.91 Å². The van der Waals surface area contributed by atoms with Crippen molar-refractivity contribution in [2.45, 2.75) is 25.3 Å². The maximum atomic E-state index is 12.6. The molecule has 3 rings (SSSR count). The Labute approximate surface area is 166 Å². The minimum Gasteiger partial charge on any atom is -0.497 e. The van der Waals surface area contributed by atoms with Crippen LogP contribution in [0, 0.1) is 4.91 Å². The number of nitrogens with zero attached hydrogens (tertiary/aromatic N) is 1. The van der Waals surface area contributed by atoms with E-state index in [1.165, 1.54) is 0 Å². The van der Waals surface area contributed by atoms with Crippen LogP contribution in [0.5, 0.6) is 11.5 Å². The molecule has 0 atom stereocenters. The average molecular weight is 375 g/mol. The van der Waals surface area contributed by atoms with Crippen molar-refractivity contribution in [3.63, 3.8) is 0 Å². The lowest BCUT2D eigenvalue weighted by Gasteiger charge is -2.31. The van der Waals surface area contributed by atoms with E-state index < -0.39 is 5.54 Å². The molecule has 0 aliphatic rings. The molecule has 0 aliphatic carbocycles. The van der Waals surface area contributed by atoms with Gasteiger partial charge in [-0.3, -0.25) is 0 Å². The maximum Gasteiger partial charge on any atom is 0.178 e. The van der Waals surface area contributed by atoms with Gasteiger partial charge in [0.1, 0.15) is 11.5 Å². The zero-order valence-electron chi connectivity index (χ0n) is 16.7. The Balaban J connectivity index is 2.32. The van der Waals surface area contributed by atoms with Crippen molar-refractivity contribution in [3.8, 4) is 11.5 Å². The molecule has 0 spiro atoms. The predicted octanol–water partition coefficient (Wildman–Crippen LogP) is 5.89. The molecular formula is C24H25NO3. The third-order valence-electron chi connectivity index (χ3n) is 5.13. The standard InChI is InChI=1S/C24H25NO3/c1-17(2)22-7-5-6-8-23(22)24(25-26,18-9-13-20(27-3)14-10-18)19-11-15-21(28-4)16-12-19/h5-17H,1-4H3. The summed E-state index contributed by atoms with van der Waals surface area (Å²) in [6.45, 7) is 4.24. The topological polar surface area (TPSA) is 47.9 Å². The number of methoxy groups -OCH3 is 2. The summed E-state index contributed by atoms with van der Waals surface area (Å²) in [5.74, 6) is 1.71. The molecular weight excluding hydrogens is 350 g/mol. The van der Waals surface area contributed by atoms with Crippen LogP contribution in [0.4, 0.5) is 0 Å². The molecule has 0 saturated heterocycles. The number of rotatable bonds is 7. The van der Waals surface area contributed by atoms with Crippen LogP contribution in [0.25, 0.3) is 0 Å². The van der Waals surface area contributed by atoms with Crippen molar-refractivity contribution in [2.24, 2.45) is 5.18 Å². The Morgan fingerprint density at radius 2 is 1.21 bits per heavy atom. The molecule has 0 aliphatic heterocycles. The van der Waals surface area contributed by atoms with Crippen LogP contribution in [0.3, 0.4) is 0 Å². The van der Waals surface area contributed by atoms with Crippen LogP contribution in [0.1, 0.15) is 42.0 Å². The van der Waals surface area contributed by atoms with Gasteiger partial charge in [-0.15, -0.1) is 4.91 Å². The summed E-state index contributed by atoms with van der Waals surface area (Å²) < 4.78 is 10.6. The quantitative estimate of drug-likeness (QED) is 0.382. The fraction of sp³-hybridized carbons (Fsp3) is 0.250. The lowest BCUT2D eigenvalue weighted by molar-refractivity contribution is 0.414. The molecule has 4 heteroatoms. The summed E-state index contributed by atoms with van der Waals surface area (Å²) in [7, 11) is 3.25. The van der Waals surface area contributed by atoms with Gasteiger partial charge in [0.15, 0.2) is 5.54 Å². The second-order valence-corrected chi connectivity index (χ2v) is 7.00. The Morgan fingerprint density at radius 3 is 1.61 bits per heavy atom. The monoisotopic (exact) mass is 375 g/mol. The molecule has 0 amide bonds. The molecule has 4 nitrogen and oxygen atoms in total. The SMILES string of the molecule is COc1ccc(C(N=O)(c2ccc(OC)cc2)c2ccccc2C(C)C)cc1. The molecule has 0 aromatic heterocycles. The lowest BCUT2D eigenvalue weighted by Crippen LogP contribution is -2.28. The van der Waals surface area contributed by atoms with Crippen LogP contribution in [0.2, 0.25) is 0 Å². The third kappa shape index (κ3) is 3.38. The Hall–Kier alpha value is -3.14. The second-order valence-electron chi connectivity index (χ2n) is 7.00. The normalized spacial score (nSPS) is 11.3. The highest BCUT2D eigenvalue weighted by Gasteiger charge is 2.40. The highest BCUT2D eigenvalue weighted by atomic mass is 16.5. The Bertz CT molecular complexity index is 883. The van der Waals surface area contributed by atoms with Gasteiger partial charge in [-0.2, -0.15) is 0 Å². The maximum absolute atomic E-state index is 12.6. The largest absolute Gasteiger partial charge is 0.497 e. The van der Waals surface area contributed by atoms with E-state index in [2.05, 4.69) is 25.1 Å². The van der Waals surface area contributed by atoms with Crippen LogP contribution < -0.4 is 9.47 Å². The first-order valence-corrected chi connectivity index (χ1v) is 9.29. The molecule has 3 aromatic rings. The molecule has 0 fully saturated rings. The minimum atomic E-state index is -1.17. The minimum absolute atomic E-state index is 0.244. The number of benzene rings is 3. The van der Waals surface area contributed by atoms with Crippen molar-refractivity contribution in [2.75, 3.05) is 14.2 Å². The second kappa shape index (κ2) is 8.26. The third-order valence-corrected chi connectivity index (χ3v) is 5.13. The summed E-state index contributed by atoms with van der Waals surface area (Å²) in [5.41, 5.74) is 2.39. The van der Waals surface area contributed by atoms with Gasteiger partial charge in [-0.25, -0.2) is 0 Å². The van der Waals surface area contributed by atoms with Crippen molar-refractivity contribution in [1.82, 2.24) is 0 Å². The van der Waals surface area contributed by atoms with Gasteiger partial charge >= 0.3 is 0 Å². The van der Waals surface area contributed by atoms with E-state index in [1.54, 1.807) is 14.2 Å². The van der Waals surface area contributed by atoms with Crippen LogP contribution in [0.15, 0.2) is 78.0 Å². The molecule has 0 unspecified atom stereocenters. The predicted molar refractivity (Wildman–Crippen MR) is 112 cm³/mol. The molecule has 0 bridgehead atoms. The van der Waals surface area contributed by atoms with Crippen molar-refractivity contribution >= 4 is 0 Å². The van der Waals surface area contributed by atoms with Gasteiger partial charge in [0.05, 0.1) is 14.2 Å². The number of ether oxygens (including phenoxy) is 2. The summed E-state index contributed by atoms with van der Waals surface area (Å²) in [6, 6.07) is 23.1. The molecule has 0 N–H and O–H groups in total. The molecule has 0 radical (unpaired) electrons. The number of hydrogen-bond donors (Lipinski definition) is 0. The van der Waals surface area contributed by atoms with E-state index in [0.717, 1.165) is 33.8 Å². The summed E-state index contributed by atoms with van der Waals surface area (Å²) in [5, 5.41) is 3.75. The van der Waals surface area contributed by atoms with Gasteiger partial charge in [0.25, 0.3) is 0 Å². The van der Waals surface area contributed by atoms with Gasteiger partial charge in [-0.05, 0) is 57.6 Å². The van der Waals surface area contributed by atoms with E-state index in [0.29, 0.717) is 0 Å². The van der Waals surface area contributed by atoms with Crippen molar-refractivity contribution in [1.29, 1.82) is 0 Å². The molecule has 0 saturated carbocycles. The van der Waals surface area contributed by atoms with Gasteiger partial charge < -0.3 is 9.47 Å². The van der Waals surface area contributed by atoms with E-state index in [-0.39, 0.29) is 5.92 Å². The molecule has 0 heterocycles. The molecule has 28 heavy (non-hydrogen) atoms.